The number of nitrogens with zero attached hydrogens (tertiary/aromatic N) is 1. The van der Waals surface area contributed by atoms with Crippen molar-refractivity contribution in [3.05, 3.63) is 175 Å². The van der Waals surface area contributed by atoms with E-state index in [1.165, 1.54) is 66.3 Å². The molecule has 0 N–H and O–H groups in total. The fourth-order valence-electron chi connectivity index (χ4n) is 9.37. The van der Waals surface area contributed by atoms with Crippen LogP contribution < -0.4 is 0 Å². The van der Waals surface area contributed by atoms with Crippen molar-refractivity contribution >= 4 is 54.7 Å². The molecule has 0 radical (unpaired) electrons. The quantitative estimate of drug-likeness (QED) is 0.185. The summed E-state index contributed by atoms with van der Waals surface area (Å²) in [6.07, 6.45) is 1.97. The van der Waals surface area contributed by atoms with Crippen LogP contribution in [0.15, 0.2) is 167 Å². The number of hydrogen-bond acceptors (Lipinski definition) is 2. The molecule has 3 nitrogen and oxygen atoms in total. The van der Waals surface area contributed by atoms with Crippen LogP contribution in [0.25, 0.3) is 82.7 Å². The average Bonchev–Trinajstić information content (AvgIpc) is 3.87. The van der Waals surface area contributed by atoms with Gasteiger partial charge in [0.25, 0.3) is 0 Å². The average molecular weight is 684 g/mol. The highest BCUT2D eigenvalue weighted by Gasteiger charge is 2.39. The van der Waals surface area contributed by atoms with E-state index < -0.39 is 0 Å². The molecule has 7 aromatic carbocycles. The summed E-state index contributed by atoms with van der Waals surface area (Å²) >= 11 is 0. The summed E-state index contributed by atoms with van der Waals surface area (Å²) in [4.78, 5) is 0. The third-order valence-electron chi connectivity index (χ3n) is 11.9. The van der Waals surface area contributed by atoms with Crippen molar-refractivity contribution in [2.75, 3.05) is 0 Å². The lowest BCUT2D eigenvalue weighted by Crippen LogP contribution is -2.31. The van der Waals surface area contributed by atoms with E-state index in [1.54, 1.807) is 0 Å². The van der Waals surface area contributed by atoms with Crippen LogP contribution in [0.4, 0.5) is 0 Å². The standard InChI is InChI=1S/C50H37NO2/c1-31-29-50(2,36-21-22-45-40(28-36)38-15-6-8-17-44(38)51(45)37-13-4-3-5-14-37)30-43-42-27-35(20-24-48(42)53-49(31)43)33-12-10-11-32(25-33)34-19-23-47-41(26-34)39-16-7-9-18-46(39)52-47/h3-28,31H,29-30H2,1-2H3. The predicted octanol–water partition coefficient (Wildman–Crippen LogP) is 13.8. The van der Waals surface area contributed by atoms with E-state index in [0.29, 0.717) is 5.92 Å². The highest BCUT2D eigenvalue weighted by atomic mass is 16.3. The van der Waals surface area contributed by atoms with Crippen LogP contribution in [0.3, 0.4) is 0 Å². The molecule has 3 aromatic heterocycles. The third-order valence-corrected chi connectivity index (χ3v) is 11.9. The number of hydrogen-bond donors (Lipinski definition) is 0. The maximum Gasteiger partial charge on any atom is 0.135 e. The smallest absolute Gasteiger partial charge is 0.135 e. The summed E-state index contributed by atoms with van der Waals surface area (Å²) in [5.41, 5.74) is 14.0. The van der Waals surface area contributed by atoms with Gasteiger partial charge >= 0.3 is 0 Å². The number of rotatable bonds is 4. The molecule has 1 aliphatic rings. The minimum Gasteiger partial charge on any atom is -0.460 e. The first-order valence-corrected chi connectivity index (χ1v) is 18.7. The molecule has 0 fully saturated rings. The van der Waals surface area contributed by atoms with Gasteiger partial charge < -0.3 is 13.4 Å². The Hall–Kier alpha value is -6.32. The minimum absolute atomic E-state index is 0.0425. The van der Waals surface area contributed by atoms with E-state index in [0.717, 1.165) is 46.1 Å². The van der Waals surface area contributed by atoms with Crippen LogP contribution in [-0.4, -0.2) is 4.57 Å². The molecule has 53 heavy (non-hydrogen) atoms. The van der Waals surface area contributed by atoms with E-state index in [2.05, 4.69) is 164 Å². The Bertz CT molecular complexity index is 3050. The maximum absolute atomic E-state index is 6.65. The molecule has 0 saturated heterocycles. The Morgan fingerprint density at radius 3 is 1.96 bits per heavy atom. The second-order valence-electron chi connectivity index (χ2n) is 15.3. The van der Waals surface area contributed by atoms with E-state index in [9.17, 15) is 0 Å². The molecule has 1 aliphatic carbocycles. The van der Waals surface area contributed by atoms with Crippen LogP contribution in [0, 0.1) is 0 Å². The van der Waals surface area contributed by atoms with Crippen molar-refractivity contribution in [2.45, 2.75) is 38.0 Å². The van der Waals surface area contributed by atoms with Gasteiger partial charge in [0, 0.05) is 44.1 Å². The number of benzene rings is 7. The van der Waals surface area contributed by atoms with Crippen molar-refractivity contribution in [1.29, 1.82) is 0 Å². The molecule has 0 saturated carbocycles. The van der Waals surface area contributed by atoms with Crippen LogP contribution in [-0.2, 0) is 11.8 Å². The second-order valence-corrected chi connectivity index (χ2v) is 15.3. The van der Waals surface area contributed by atoms with Crippen molar-refractivity contribution < 1.29 is 8.83 Å². The summed E-state index contributed by atoms with van der Waals surface area (Å²) < 4.78 is 15.2. The summed E-state index contributed by atoms with van der Waals surface area (Å²) in [6, 6.07) is 57.1. The zero-order valence-corrected chi connectivity index (χ0v) is 29.8. The molecular formula is C50H37NO2. The fourth-order valence-corrected chi connectivity index (χ4v) is 9.37. The fraction of sp³-hybridized carbons (Fsp3) is 0.120. The number of furan rings is 2. The molecule has 11 rings (SSSR count). The zero-order chi connectivity index (χ0) is 35.3. The van der Waals surface area contributed by atoms with Crippen LogP contribution in [0.1, 0.15) is 43.1 Å². The molecule has 2 atom stereocenters. The Morgan fingerprint density at radius 2 is 1.15 bits per heavy atom. The van der Waals surface area contributed by atoms with Gasteiger partial charge in [-0.05, 0) is 113 Å². The molecule has 0 aliphatic heterocycles. The SMILES string of the molecule is CC1CC(C)(c2ccc3c(c2)c2ccccc2n3-c2ccccc2)Cc2c1oc1ccc(-c3cccc(-c4ccc5oc6ccccc6c5c4)c3)cc21. The number of aromatic nitrogens is 1. The van der Waals surface area contributed by atoms with Gasteiger partial charge in [-0.1, -0.05) is 105 Å². The largest absolute Gasteiger partial charge is 0.460 e. The van der Waals surface area contributed by atoms with Crippen LogP contribution in [0.2, 0.25) is 0 Å². The number of para-hydroxylation sites is 3. The van der Waals surface area contributed by atoms with E-state index >= 15 is 0 Å². The first-order valence-electron chi connectivity index (χ1n) is 18.7. The zero-order valence-electron chi connectivity index (χ0n) is 29.8. The molecule has 0 spiro atoms. The summed E-state index contributed by atoms with van der Waals surface area (Å²) in [5, 5.41) is 6.12. The molecule has 0 amide bonds. The summed E-state index contributed by atoms with van der Waals surface area (Å²) in [7, 11) is 0. The van der Waals surface area contributed by atoms with Gasteiger partial charge in [0.1, 0.15) is 22.5 Å². The lowest BCUT2D eigenvalue weighted by Gasteiger charge is -2.37. The highest BCUT2D eigenvalue weighted by molar-refractivity contribution is 6.10. The van der Waals surface area contributed by atoms with Crippen molar-refractivity contribution in [3.63, 3.8) is 0 Å². The molecule has 3 heterocycles. The summed E-state index contributed by atoms with van der Waals surface area (Å²) in [6.45, 7) is 4.79. The Labute approximate surface area is 307 Å². The van der Waals surface area contributed by atoms with E-state index in [-0.39, 0.29) is 5.41 Å². The summed E-state index contributed by atoms with van der Waals surface area (Å²) in [5.74, 6) is 1.45. The number of fused-ring (bicyclic) bond motifs is 9. The van der Waals surface area contributed by atoms with Gasteiger partial charge in [-0.15, -0.1) is 0 Å². The van der Waals surface area contributed by atoms with Crippen LogP contribution in [0.5, 0.6) is 0 Å². The molecule has 3 heteroatoms. The van der Waals surface area contributed by atoms with Gasteiger partial charge in [-0.3, -0.25) is 0 Å². The lowest BCUT2D eigenvalue weighted by atomic mass is 9.66. The first-order chi connectivity index (χ1) is 26.0. The molecule has 254 valence electrons. The molecule has 10 aromatic rings. The Balaban J connectivity index is 0.982. The topological polar surface area (TPSA) is 31.2 Å². The predicted molar refractivity (Wildman–Crippen MR) is 219 cm³/mol. The second kappa shape index (κ2) is 11.3. The van der Waals surface area contributed by atoms with Crippen molar-refractivity contribution in [1.82, 2.24) is 4.57 Å². The monoisotopic (exact) mass is 683 g/mol. The Morgan fingerprint density at radius 1 is 0.509 bits per heavy atom. The van der Waals surface area contributed by atoms with Gasteiger partial charge in [0.05, 0.1) is 11.0 Å². The van der Waals surface area contributed by atoms with Crippen molar-refractivity contribution in [3.8, 4) is 27.9 Å². The molecule has 2 unspecified atom stereocenters. The lowest BCUT2D eigenvalue weighted by molar-refractivity contribution is 0.336. The van der Waals surface area contributed by atoms with E-state index in [1.807, 2.05) is 12.1 Å². The third kappa shape index (κ3) is 4.67. The van der Waals surface area contributed by atoms with Crippen LogP contribution >= 0.6 is 0 Å². The minimum atomic E-state index is -0.0425. The van der Waals surface area contributed by atoms with Crippen molar-refractivity contribution in [2.24, 2.45) is 0 Å². The highest BCUT2D eigenvalue weighted by Crippen LogP contribution is 2.49. The van der Waals surface area contributed by atoms with Gasteiger partial charge in [0.2, 0.25) is 0 Å². The van der Waals surface area contributed by atoms with Gasteiger partial charge in [-0.25, -0.2) is 0 Å². The maximum atomic E-state index is 6.65. The van der Waals surface area contributed by atoms with E-state index in [4.69, 9.17) is 8.83 Å². The Kier molecular flexibility index (Phi) is 6.49. The van der Waals surface area contributed by atoms with Gasteiger partial charge in [-0.2, -0.15) is 0 Å². The first kappa shape index (κ1) is 30.3. The molecular weight excluding hydrogens is 647 g/mol. The normalized spacial score (nSPS) is 17.4. The molecule has 0 bridgehead atoms. The van der Waals surface area contributed by atoms with Gasteiger partial charge in [0.15, 0.2) is 0 Å².